The summed E-state index contributed by atoms with van der Waals surface area (Å²) >= 11 is 1.30. The summed E-state index contributed by atoms with van der Waals surface area (Å²) in [7, 11) is 0. The van der Waals surface area contributed by atoms with Crippen molar-refractivity contribution >= 4 is 45.6 Å². The molecular formula is C27H29N5O3S. The summed E-state index contributed by atoms with van der Waals surface area (Å²) in [5, 5.41) is 12.4. The van der Waals surface area contributed by atoms with Crippen LogP contribution in [0.5, 0.6) is 0 Å². The molecule has 3 heterocycles. The van der Waals surface area contributed by atoms with Gasteiger partial charge in [0.25, 0.3) is 0 Å². The Morgan fingerprint density at radius 1 is 0.972 bits per heavy atom. The molecule has 2 saturated heterocycles. The van der Waals surface area contributed by atoms with Crippen LogP contribution in [0.15, 0.2) is 42.5 Å². The van der Waals surface area contributed by atoms with Crippen molar-refractivity contribution in [1.82, 2.24) is 10.2 Å². The van der Waals surface area contributed by atoms with E-state index in [-0.39, 0.29) is 30.1 Å². The fourth-order valence-electron chi connectivity index (χ4n) is 4.98. The summed E-state index contributed by atoms with van der Waals surface area (Å²) < 4.78 is 0. The lowest BCUT2D eigenvalue weighted by Gasteiger charge is -2.20. The molecule has 2 fully saturated rings. The zero-order valence-corrected chi connectivity index (χ0v) is 21.5. The minimum Gasteiger partial charge on any atom is -0.311 e. The van der Waals surface area contributed by atoms with E-state index in [2.05, 4.69) is 22.4 Å². The average molecular weight is 504 g/mol. The van der Waals surface area contributed by atoms with Crippen molar-refractivity contribution in [2.24, 2.45) is 5.92 Å². The highest BCUT2D eigenvalue weighted by molar-refractivity contribution is 7.15. The maximum atomic E-state index is 13.0. The number of aryl methyl sites for hydroxylation is 2. The number of nitrogens with zero attached hydrogens (tertiary/aromatic N) is 4. The van der Waals surface area contributed by atoms with Crippen molar-refractivity contribution in [3.8, 4) is 0 Å². The van der Waals surface area contributed by atoms with Crippen LogP contribution in [0.3, 0.4) is 0 Å². The van der Waals surface area contributed by atoms with Gasteiger partial charge in [0.15, 0.2) is 0 Å². The maximum absolute atomic E-state index is 13.0. The molecule has 1 N–H and O–H groups in total. The van der Waals surface area contributed by atoms with E-state index >= 15 is 0 Å². The molecule has 1 aromatic heterocycles. The molecule has 0 saturated carbocycles. The van der Waals surface area contributed by atoms with Crippen molar-refractivity contribution in [1.29, 1.82) is 0 Å². The summed E-state index contributed by atoms with van der Waals surface area (Å²) in [5.74, 6) is -0.756. The Morgan fingerprint density at radius 3 is 2.50 bits per heavy atom. The fourth-order valence-corrected chi connectivity index (χ4v) is 5.82. The number of nitrogens with one attached hydrogen (secondary N) is 1. The maximum Gasteiger partial charge on any atom is 0.231 e. The molecule has 3 amide bonds. The van der Waals surface area contributed by atoms with Gasteiger partial charge in [-0.05, 0) is 49.1 Å². The predicted octanol–water partition coefficient (Wildman–Crippen LogP) is 4.23. The number of hydrogen-bond donors (Lipinski definition) is 1. The molecule has 9 heteroatoms. The lowest BCUT2D eigenvalue weighted by Crippen LogP contribution is -2.28. The van der Waals surface area contributed by atoms with Gasteiger partial charge in [-0.3, -0.25) is 14.4 Å². The number of rotatable bonds is 6. The minimum absolute atomic E-state index is 0.0567. The van der Waals surface area contributed by atoms with Crippen molar-refractivity contribution in [3.05, 3.63) is 64.2 Å². The van der Waals surface area contributed by atoms with E-state index in [9.17, 15) is 14.4 Å². The number of benzene rings is 2. The molecule has 8 nitrogen and oxygen atoms in total. The number of para-hydroxylation sites is 1. The fraction of sp³-hybridized carbons (Fsp3) is 0.370. The minimum atomic E-state index is -0.459. The van der Waals surface area contributed by atoms with Gasteiger partial charge in [0, 0.05) is 43.2 Å². The van der Waals surface area contributed by atoms with E-state index in [4.69, 9.17) is 0 Å². The summed E-state index contributed by atoms with van der Waals surface area (Å²) in [6, 6.07) is 13.8. The summed E-state index contributed by atoms with van der Waals surface area (Å²) in [5.41, 5.74) is 5.09. The average Bonchev–Trinajstić information content (AvgIpc) is 3.59. The van der Waals surface area contributed by atoms with Crippen LogP contribution in [-0.4, -0.2) is 41.0 Å². The van der Waals surface area contributed by atoms with Gasteiger partial charge >= 0.3 is 0 Å². The summed E-state index contributed by atoms with van der Waals surface area (Å²) in [6.45, 7) is 6.96. The van der Waals surface area contributed by atoms with E-state index in [1.165, 1.54) is 11.3 Å². The quantitative estimate of drug-likeness (QED) is 0.543. The SMILES string of the molecule is CCc1ccccc1N1CC(c2nnc(NC(=O)C3CC(=O)N(c4cccc(C)c4C)C3)s2)CC1=O. The van der Waals surface area contributed by atoms with Gasteiger partial charge in [-0.15, -0.1) is 10.2 Å². The largest absolute Gasteiger partial charge is 0.311 e. The first-order valence-electron chi connectivity index (χ1n) is 12.2. The Hall–Kier alpha value is -3.59. The molecule has 3 aromatic rings. The van der Waals surface area contributed by atoms with Crippen LogP contribution in [0.1, 0.15) is 47.4 Å². The molecule has 2 aliphatic rings. The summed E-state index contributed by atoms with van der Waals surface area (Å²) in [6.07, 6.45) is 1.38. The van der Waals surface area contributed by atoms with Crippen LogP contribution in [0.4, 0.5) is 16.5 Å². The molecule has 2 aromatic carbocycles. The first kappa shape index (κ1) is 24.1. The second-order valence-electron chi connectivity index (χ2n) is 9.45. The molecule has 5 rings (SSSR count). The van der Waals surface area contributed by atoms with Crippen molar-refractivity contribution in [3.63, 3.8) is 0 Å². The monoisotopic (exact) mass is 503 g/mol. The van der Waals surface area contributed by atoms with Gasteiger partial charge in [0.2, 0.25) is 22.9 Å². The third-order valence-corrected chi connectivity index (χ3v) is 8.17. The molecule has 186 valence electrons. The summed E-state index contributed by atoms with van der Waals surface area (Å²) in [4.78, 5) is 42.0. The smallest absolute Gasteiger partial charge is 0.231 e. The van der Waals surface area contributed by atoms with Crippen LogP contribution in [0.2, 0.25) is 0 Å². The number of hydrogen-bond acceptors (Lipinski definition) is 6. The molecular weight excluding hydrogens is 474 g/mol. The molecule has 36 heavy (non-hydrogen) atoms. The zero-order valence-electron chi connectivity index (χ0n) is 20.7. The van der Waals surface area contributed by atoms with Crippen molar-refractivity contribution < 1.29 is 14.4 Å². The Kier molecular flexibility index (Phi) is 6.57. The Morgan fingerprint density at radius 2 is 1.69 bits per heavy atom. The van der Waals surface area contributed by atoms with Crippen molar-refractivity contribution in [2.45, 2.75) is 46.0 Å². The van der Waals surface area contributed by atoms with E-state index in [0.29, 0.717) is 24.6 Å². The number of aromatic nitrogens is 2. The van der Waals surface area contributed by atoms with Gasteiger partial charge < -0.3 is 15.1 Å². The Bertz CT molecular complexity index is 1340. The molecule has 2 atom stereocenters. The van der Waals surface area contributed by atoms with Crippen LogP contribution in [0, 0.1) is 19.8 Å². The first-order valence-corrected chi connectivity index (χ1v) is 13.1. The Labute approximate surface area is 214 Å². The second-order valence-corrected chi connectivity index (χ2v) is 10.5. The third-order valence-electron chi connectivity index (χ3n) is 7.17. The number of anilines is 3. The molecule has 0 bridgehead atoms. The third kappa shape index (κ3) is 4.51. The molecule has 0 radical (unpaired) electrons. The van der Waals surface area contributed by atoms with Crippen LogP contribution < -0.4 is 15.1 Å². The lowest BCUT2D eigenvalue weighted by atomic mass is 10.1. The van der Waals surface area contributed by atoms with E-state index in [0.717, 1.165) is 39.5 Å². The lowest BCUT2D eigenvalue weighted by molar-refractivity contribution is -0.122. The molecule has 0 aliphatic carbocycles. The van der Waals surface area contributed by atoms with Gasteiger partial charge in [-0.25, -0.2) is 0 Å². The normalized spacial score (nSPS) is 19.9. The highest BCUT2D eigenvalue weighted by Crippen LogP contribution is 2.36. The molecule has 2 unspecified atom stereocenters. The number of amides is 3. The van der Waals surface area contributed by atoms with Crippen LogP contribution in [0.25, 0.3) is 0 Å². The van der Waals surface area contributed by atoms with Crippen LogP contribution in [-0.2, 0) is 20.8 Å². The Balaban J connectivity index is 1.24. The van der Waals surface area contributed by atoms with Crippen LogP contribution >= 0.6 is 11.3 Å². The van der Waals surface area contributed by atoms with E-state index in [1.54, 1.807) is 4.90 Å². The topological polar surface area (TPSA) is 95.5 Å². The van der Waals surface area contributed by atoms with Crippen molar-refractivity contribution in [2.75, 3.05) is 28.2 Å². The van der Waals surface area contributed by atoms with Gasteiger partial charge in [-0.2, -0.15) is 0 Å². The number of carbonyl (C=O) groups is 3. The number of carbonyl (C=O) groups excluding carboxylic acids is 3. The zero-order chi connectivity index (χ0) is 25.4. The predicted molar refractivity (Wildman–Crippen MR) is 140 cm³/mol. The van der Waals surface area contributed by atoms with Gasteiger partial charge in [0.05, 0.1) is 5.92 Å². The highest BCUT2D eigenvalue weighted by Gasteiger charge is 2.37. The standard InChI is InChI=1S/C27H29N5O3S/c1-4-18-9-5-6-10-22(18)32-15-20(13-24(32)34)26-29-30-27(36-26)28-25(35)19-12-23(33)31(14-19)21-11-7-8-16(2)17(21)3/h5-11,19-20H,4,12-15H2,1-3H3,(H,28,30,35). The van der Waals surface area contributed by atoms with E-state index in [1.807, 2.05) is 61.2 Å². The molecule has 0 spiro atoms. The molecule has 2 aliphatic heterocycles. The van der Waals surface area contributed by atoms with Gasteiger partial charge in [0.1, 0.15) is 5.01 Å². The highest BCUT2D eigenvalue weighted by atomic mass is 32.1. The van der Waals surface area contributed by atoms with Gasteiger partial charge in [-0.1, -0.05) is 48.6 Å². The first-order chi connectivity index (χ1) is 17.4. The second kappa shape index (κ2) is 9.81. The van der Waals surface area contributed by atoms with E-state index < -0.39 is 5.92 Å².